The van der Waals surface area contributed by atoms with E-state index >= 15 is 0 Å². The van der Waals surface area contributed by atoms with Crippen molar-refractivity contribution in [1.82, 2.24) is 4.90 Å². The largest absolute Gasteiger partial charge is 0.508 e. The molecule has 10 heteroatoms. The first-order chi connectivity index (χ1) is 13.2. The van der Waals surface area contributed by atoms with Crippen LogP contribution < -0.4 is 0 Å². The van der Waals surface area contributed by atoms with Gasteiger partial charge in [0.05, 0.1) is 9.80 Å². The standard InChI is InChI=1S/C18H15FN2O5S2/c1-2-21-17(24)16(9-11-3-6-13(22)10-15(11)23)27-18(21)20-28(25,26)14-7-4-12(19)5-8-14/h3-10,22-23H,2H2,1H3. The van der Waals surface area contributed by atoms with Crippen LogP contribution >= 0.6 is 11.8 Å². The van der Waals surface area contributed by atoms with Crippen LogP contribution in [0.3, 0.4) is 0 Å². The second-order valence-corrected chi connectivity index (χ2v) is 8.32. The summed E-state index contributed by atoms with van der Waals surface area (Å²) < 4.78 is 41.7. The van der Waals surface area contributed by atoms with Crippen LogP contribution in [0, 0.1) is 5.82 Å². The number of hydrogen-bond donors (Lipinski definition) is 2. The number of phenolic OH excluding ortho intramolecular Hbond substituents is 2. The van der Waals surface area contributed by atoms with Gasteiger partial charge in [0.2, 0.25) is 0 Å². The summed E-state index contributed by atoms with van der Waals surface area (Å²) in [5.41, 5.74) is 0.285. The molecule has 28 heavy (non-hydrogen) atoms. The van der Waals surface area contributed by atoms with E-state index in [9.17, 15) is 27.8 Å². The van der Waals surface area contributed by atoms with E-state index in [2.05, 4.69) is 4.40 Å². The minimum atomic E-state index is -4.14. The number of phenols is 2. The van der Waals surface area contributed by atoms with Gasteiger partial charge in [0, 0.05) is 18.2 Å². The van der Waals surface area contributed by atoms with E-state index in [1.54, 1.807) is 6.92 Å². The molecule has 0 bridgehead atoms. The third-order valence-corrected chi connectivity index (χ3v) is 6.22. The van der Waals surface area contributed by atoms with Gasteiger partial charge in [-0.2, -0.15) is 8.42 Å². The molecule has 146 valence electrons. The number of carbonyl (C=O) groups is 1. The topological polar surface area (TPSA) is 107 Å². The minimum absolute atomic E-state index is 0.0404. The molecule has 0 spiro atoms. The summed E-state index contributed by atoms with van der Waals surface area (Å²) in [5, 5.41) is 19.2. The molecule has 1 aliphatic heterocycles. The van der Waals surface area contributed by atoms with Crippen molar-refractivity contribution in [2.75, 3.05) is 6.54 Å². The number of hydrogen-bond acceptors (Lipinski definition) is 6. The highest BCUT2D eigenvalue weighted by Crippen LogP contribution is 2.35. The summed E-state index contributed by atoms with van der Waals surface area (Å²) in [6.07, 6.45) is 1.39. The van der Waals surface area contributed by atoms with Gasteiger partial charge in [-0.05, 0) is 61.2 Å². The third kappa shape index (κ3) is 4.02. The number of halogens is 1. The Morgan fingerprint density at radius 1 is 1.18 bits per heavy atom. The van der Waals surface area contributed by atoms with E-state index in [1.807, 2.05) is 0 Å². The van der Waals surface area contributed by atoms with Crippen molar-refractivity contribution >= 4 is 38.9 Å². The molecule has 0 aromatic heterocycles. The Labute approximate surface area is 164 Å². The first kappa shape index (κ1) is 19.9. The van der Waals surface area contributed by atoms with Crippen LogP contribution in [0.1, 0.15) is 12.5 Å². The van der Waals surface area contributed by atoms with Crippen LogP contribution in [-0.2, 0) is 14.8 Å². The Balaban J connectivity index is 1.98. The molecule has 0 radical (unpaired) electrons. The number of thioether (sulfide) groups is 1. The normalized spacial score (nSPS) is 17.6. The van der Waals surface area contributed by atoms with Crippen molar-refractivity contribution in [3.8, 4) is 11.5 Å². The van der Waals surface area contributed by atoms with E-state index in [4.69, 9.17) is 0 Å². The summed E-state index contributed by atoms with van der Waals surface area (Å²) in [6.45, 7) is 1.85. The molecule has 2 N–H and O–H groups in total. The maximum absolute atomic E-state index is 13.0. The van der Waals surface area contributed by atoms with Crippen LogP contribution in [0.25, 0.3) is 6.08 Å². The van der Waals surface area contributed by atoms with Crippen molar-refractivity contribution < 1.29 is 27.8 Å². The Bertz CT molecular complexity index is 1100. The molecule has 0 aliphatic carbocycles. The lowest BCUT2D eigenvalue weighted by molar-refractivity contribution is -0.122. The van der Waals surface area contributed by atoms with E-state index < -0.39 is 21.7 Å². The van der Waals surface area contributed by atoms with Crippen molar-refractivity contribution in [3.05, 3.63) is 58.8 Å². The van der Waals surface area contributed by atoms with Gasteiger partial charge < -0.3 is 10.2 Å². The maximum atomic E-state index is 13.0. The summed E-state index contributed by atoms with van der Waals surface area (Å²) in [7, 11) is -4.14. The Hall–Kier alpha value is -2.85. The SMILES string of the molecule is CCN1C(=O)C(=Cc2ccc(O)cc2O)SC1=NS(=O)(=O)c1ccc(F)cc1. The first-order valence-electron chi connectivity index (χ1n) is 8.05. The predicted octanol–water partition coefficient (Wildman–Crippen LogP) is 2.92. The number of aromatic hydroxyl groups is 2. The fourth-order valence-corrected chi connectivity index (χ4v) is 4.65. The smallest absolute Gasteiger partial charge is 0.284 e. The molecular weight excluding hydrogens is 407 g/mol. The molecule has 1 saturated heterocycles. The van der Waals surface area contributed by atoms with Gasteiger partial charge in [-0.3, -0.25) is 9.69 Å². The van der Waals surface area contributed by atoms with Gasteiger partial charge in [-0.25, -0.2) is 4.39 Å². The predicted molar refractivity (Wildman–Crippen MR) is 104 cm³/mol. The molecular formula is C18H15FN2O5S2. The average Bonchev–Trinajstić information content (AvgIpc) is 2.91. The average molecular weight is 422 g/mol. The second kappa shape index (κ2) is 7.64. The van der Waals surface area contributed by atoms with Crippen LogP contribution in [0.4, 0.5) is 4.39 Å². The minimum Gasteiger partial charge on any atom is -0.508 e. The van der Waals surface area contributed by atoms with Gasteiger partial charge in [0.1, 0.15) is 17.3 Å². The number of amides is 1. The van der Waals surface area contributed by atoms with Crippen molar-refractivity contribution in [3.63, 3.8) is 0 Å². The van der Waals surface area contributed by atoms with Gasteiger partial charge in [-0.1, -0.05) is 0 Å². The van der Waals surface area contributed by atoms with Crippen LogP contribution in [0.2, 0.25) is 0 Å². The highest BCUT2D eigenvalue weighted by atomic mass is 32.2. The zero-order valence-corrected chi connectivity index (χ0v) is 16.2. The van der Waals surface area contributed by atoms with Gasteiger partial charge in [0.15, 0.2) is 5.17 Å². The van der Waals surface area contributed by atoms with Crippen molar-refractivity contribution in [1.29, 1.82) is 0 Å². The number of sulfonamides is 1. The summed E-state index contributed by atoms with van der Waals surface area (Å²) >= 11 is 0.845. The zero-order valence-electron chi connectivity index (χ0n) is 14.5. The first-order valence-corrected chi connectivity index (χ1v) is 10.3. The molecule has 1 heterocycles. The number of likely N-dealkylation sites (N-methyl/N-ethyl adjacent to an activating group) is 1. The molecule has 3 rings (SSSR count). The van der Waals surface area contributed by atoms with Gasteiger partial charge in [-0.15, -0.1) is 4.40 Å². The highest BCUT2D eigenvalue weighted by molar-refractivity contribution is 8.19. The lowest BCUT2D eigenvalue weighted by Gasteiger charge is -2.11. The Morgan fingerprint density at radius 3 is 2.46 bits per heavy atom. The lowest BCUT2D eigenvalue weighted by atomic mass is 10.1. The molecule has 1 amide bonds. The number of amidine groups is 1. The summed E-state index contributed by atoms with van der Waals surface area (Å²) in [4.78, 5) is 13.7. The van der Waals surface area contributed by atoms with E-state index in [1.165, 1.54) is 23.1 Å². The molecule has 0 unspecified atom stereocenters. The van der Waals surface area contributed by atoms with Crippen LogP contribution in [0.15, 0.2) is 56.7 Å². The van der Waals surface area contributed by atoms with Crippen LogP contribution in [-0.4, -0.2) is 41.2 Å². The zero-order chi connectivity index (χ0) is 20.5. The number of carbonyl (C=O) groups excluding carboxylic acids is 1. The molecule has 2 aromatic carbocycles. The van der Waals surface area contributed by atoms with E-state index in [0.717, 1.165) is 42.1 Å². The number of nitrogens with zero attached hydrogens (tertiary/aromatic N) is 2. The van der Waals surface area contributed by atoms with Gasteiger partial charge in [0.25, 0.3) is 15.9 Å². The van der Waals surface area contributed by atoms with Crippen molar-refractivity contribution in [2.45, 2.75) is 11.8 Å². The summed E-state index contributed by atoms with van der Waals surface area (Å²) in [5.74, 6) is -1.40. The quantitative estimate of drug-likeness (QED) is 0.734. The Morgan fingerprint density at radius 2 is 1.86 bits per heavy atom. The fraction of sp³-hybridized carbons (Fsp3) is 0.111. The molecule has 7 nitrogen and oxygen atoms in total. The number of rotatable bonds is 4. The lowest BCUT2D eigenvalue weighted by Crippen LogP contribution is -2.29. The van der Waals surface area contributed by atoms with Crippen LogP contribution in [0.5, 0.6) is 11.5 Å². The second-order valence-electron chi connectivity index (χ2n) is 5.71. The monoisotopic (exact) mass is 422 g/mol. The van der Waals surface area contributed by atoms with Gasteiger partial charge >= 0.3 is 0 Å². The molecule has 1 fully saturated rings. The molecule has 0 atom stereocenters. The molecule has 1 aliphatic rings. The van der Waals surface area contributed by atoms with E-state index in [-0.39, 0.29) is 38.6 Å². The molecule has 2 aromatic rings. The van der Waals surface area contributed by atoms with E-state index in [0.29, 0.717) is 0 Å². The van der Waals surface area contributed by atoms with Crippen molar-refractivity contribution in [2.24, 2.45) is 4.40 Å². The highest BCUT2D eigenvalue weighted by Gasteiger charge is 2.34. The maximum Gasteiger partial charge on any atom is 0.284 e. The fourth-order valence-electron chi connectivity index (χ4n) is 2.41. The number of benzene rings is 2. The third-order valence-electron chi connectivity index (χ3n) is 3.81. The molecule has 0 saturated carbocycles. The Kier molecular flexibility index (Phi) is 5.43. The summed E-state index contributed by atoms with van der Waals surface area (Å²) in [6, 6.07) is 8.11.